The van der Waals surface area contributed by atoms with Gasteiger partial charge in [-0.3, -0.25) is 9.59 Å². The van der Waals surface area contributed by atoms with Crippen LogP contribution < -0.4 is 10.6 Å². The van der Waals surface area contributed by atoms with Crippen LogP contribution in [-0.4, -0.2) is 24.9 Å². The van der Waals surface area contributed by atoms with Crippen LogP contribution in [0.25, 0.3) is 0 Å². The minimum Gasteiger partial charge on any atom is -0.465 e. The Morgan fingerprint density at radius 2 is 1.67 bits per heavy atom. The maximum absolute atomic E-state index is 12.4. The molecule has 2 aromatic rings. The molecule has 0 aliphatic heterocycles. The van der Waals surface area contributed by atoms with Crippen LogP contribution in [0.5, 0.6) is 0 Å². The molecule has 0 radical (unpaired) electrons. The van der Waals surface area contributed by atoms with E-state index in [1.165, 1.54) is 26.2 Å². The molecule has 0 heterocycles. The zero-order valence-corrected chi connectivity index (χ0v) is 13.8. The Balaban J connectivity index is 2.27. The number of hydrogen-bond donors (Lipinski definition) is 2. The summed E-state index contributed by atoms with van der Waals surface area (Å²) in [5.41, 5.74) is 1.32. The molecule has 0 atom stereocenters. The maximum atomic E-state index is 12.4. The third-order valence-electron chi connectivity index (χ3n) is 3.09. The molecule has 0 spiro atoms. The van der Waals surface area contributed by atoms with E-state index in [0.717, 1.165) is 0 Å². The number of carbonyl (C=O) groups is 3. The quantitative estimate of drug-likeness (QED) is 0.831. The van der Waals surface area contributed by atoms with Gasteiger partial charge in [0, 0.05) is 17.5 Å². The second kappa shape index (κ2) is 7.61. The Bertz CT molecular complexity index is 805. The van der Waals surface area contributed by atoms with E-state index >= 15 is 0 Å². The molecule has 2 amide bonds. The van der Waals surface area contributed by atoms with E-state index in [9.17, 15) is 14.4 Å². The van der Waals surface area contributed by atoms with Crippen molar-refractivity contribution in [3.05, 3.63) is 58.6 Å². The van der Waals surface area contributed by atoms with Gasteiger partial charge in [-0.2, -0.15) is 0 Å². The molecule has 0 aliphatic rings. The number of methoxy groups -OCH3 is 1. The third-order valence-corrected chi connectivity index (χ3v) is 3.32. The van der Waals surface area contributed by atoms with Crippen molar-refractivity contribution in [3.8, 4) is 0 Å². The molecule has 0 aromatic heterocycles. The van der Waals surface area contributed by atoms with Crippen molar-refractivity contribution in [1.82, 2.24) is 0 Å². The molecule has 2 rings (SSSR count). The van der Waals surface area contributed by atoms with Crippen molar-refractivity contribution >= 4 is 40.8 Å². The summed E-state index contributed by atoms with van der Waals surface area (Å²) in [5, 5.41) is 5.70. The third kappa shape index (κ3) is 4.33. The van der Waals surface area contributed by atoms with Gasteiger partial charge in [-0.15, -0.1) is 0 Å². The van der Waals surface area contributed by atoms with Crippen LogP contribution in [0.4, 0.5) is 11.4 Å². The SMILES string of the molecule is COC(=O)c1cccc(C(=O)Nc2ccc(Cl)cc2NC(C)=O)c1. The fraction of sp³-hybridized carbons (Fsp3) is 0.118. The van der Waals surface area contributed by atoms with E-state index in [1.54, 1.807) is 30.3 Å². The molecule has 0 aliphatic carbocycles. The molecule has 0 unspecified atom stereocenters. The van der Waals surface area contributed by atoms with Crippen molar-refractivity contribution in [2.75, 3.05) is 17.7 Å². The summed E-state index contributed by atoms with van der Waals surface area (Å²) >= 11 is 5.91. The van der Waals surface area contributed by atoms with Crippen molar-refractivity contribution in [2.45, 2.75) is 6.92 Å². The average molecular weight is 347 g/mol. The zero-order valence-electron chi connectivity index (χ0n) is 13.1. The second-order valence-corrected chi connectivity index (χ2v) is 5.33. The predicted octanol–water partition coefficient (Wildman–Crippen LogP) is 3.34. The monoisotopic (exact) mass is 346 g/mol. The molecule has 0 bridgehead atoms. The molecule has 24 heavy (non-hydrogen) atoms. The highest BCUT2D eigenvalue weighted by Gasteiger charge is 2.13. The first-order valence-corrected chi connectivity index (χ1v) is 7.35. The van der Waals surface area contributed by atoms with Crippen LogP contribution in [-0.2, 0) is 9.53 Å². The van der Waals surface area contributed by atoms with Crippen LogP contribution in [0, 0.1) is 0 Å². The highest BCUT2D eigenvalue weighted by atomic mass is 35.5. The molecular weight excluding hydrogens is 332 g/mol. The van der Waals surface area contributed by atoms with Gasteiger partial charge in [0.2, 0.25) is 5.91 Å². The summed E-state index contributed by atoms with van der Waals surface area (Å²) in [4.78, 5) is 35.2. The number of esters is 1. The molecule has 124 valence electrons. The molecular formula is C17H15ClN2O4. The number of benzene rings is 2. The Labute approximate surface area is 143 Å². The number of rotatable bonds is 4. The lowest BCUT2D eigenvalue weighted by Gasteiger charge is -2.12. The molecule has 0 saturated carbocycles. The topological polar surface area (TPSA) is 84.5 Å². The number of halogens is 1. The van der Waals surface area contributed by atoms with Gasteiger partial charge >= 0.3 is 5.97 Å². The van der Waals surface area contributed by atoms with E-state index in [1.807, 2.05) is 0 Å². The van der Waals surface area contributed by atoms with Crippen molar-refractivity contribution in [2.24, 2.45) is 0 Å². The summed E-state index contributed by atoms with van der Waals surface area (Å²) in [5.74, 6) is -1.26. The predicted molar refractivity (Wildman–Crippen MR) is 91.5 cm³/mol. The first-order valence-electron chi connectivity index (χ1n) is 6.97. The van der Waals surface area contributed by atoms with Crippen LogP contribution >= 0.6 is 11.6 Å². The molecule has 2 N–H and O–H groups in total. The molecule has 0 fully saturated rings. The van der Waals surface area contributed by atoms with Crippen LogP contribution in [0.2, 0.25) is 5.02 Å². The first kappa shape index (κ1) is 17.5. The van der Waals surface area contributed by atoms with Gasteiger partial charge < -0.3 is 15.4 Å². The highest BCUT2D eigenvalue weighted by molar-refractivity contribution is 6.31. The Morgan fingerprint density at radius 3 is 2.33 bits per heavy atom. The summed E-state index contributed by atoms with van der Waals surface area (Å²) in [6.07, 6.45) is 0. The largest absolute Gasteiger partial charge is 0.465 e. The number of amides is 2. The van der Waals surface area contributed by atoms with Crippen molar-refractivity contribution < 1.29 is 19.1 Å². The maximum Gasteiger partial charge on any atom is 0.337 e. The zero-order chi connectivity index (χ0) is 17.7. The van der Waals surface area contributed by atoms with E-state index in [4.69, 9.17) is 11.6 Å². The summed E-state index contributed by atoms with van der Waals surface area (Å²) in [7, 11) is 1.27. The number of hydrogen-bond acceptors (Lipinski definition) is 4. The molecule has 6 nitrogen and oxygen atoms in total. The van der Waals surface area contributed by atoms with Crippen molar-refractivity contribution in [3.63, 3.8) is 0 Å². The first-order chi connectivity index (χ1) is 11.4. The number of ether oxygens (including phenoxy) is 1. The summed E-state index contributed by atoms with van der Waals surface area (Å²) < 4.78 is 4.63. The summed E-state index contributed by atoms with van der Waals surface area (Å²) in [6.45, 7) is 1.35. The minimum atomic E-state index is -0.532. The molecule has 2 aromatic carbocycles. The Morgan fingerprint density at radius 1 is 0.958 bits per heavy atom. The van der Waals surface area contributed by atoms with Gasteiger partial charge in [-0.25, -0.2) is 4.79 Å². The lowest BCUT2D eigenvalue weighted by molar-refractivity contribution is -0.114. The van der Waals surface area contributed by atoms with Gasteiger partial charge in [0.25, 0.3) is 5.91 Å². The average Bonchev–Trinajstić information content (AvgIpc) is 2.56. The lowest BCUT2D eigenvalue weighted by Crippen LogP contribution is -2.15. The normalized spacial score (nSPS) is 9.96. The smallest absolute Gasteiger partial charge is 0.337 e. The van der Waals surface area contributed by atoms with Gasteiger partial charge in [0.05, 0.1) is 24.0 Å². The van der Waals surface area contributed by atoms with E-state index in [0.29, 0.717) is 16.4 Å². The fourth-order valence-corrected chi connectivity index (χ4v) is 2.19. The Kier molecular flexibility index (Phi) is 5.55. The van der Waals surface area contributed by atoms with Gasteiger partial charge in [-0.05, 0) is 36.4 Å². The van der Waals surface area contributed by atoms with E-state index in [2.05, 4.69) is 15.4 Å². The van der Waals surface area contributed by atoms with Crippen LogP contribution in [0.3, 0.4) is 0 Å². The van der Waals surface area contributed by atoms with Crippen molar-refractivity contribution in [1.29, 1.82) is 0 Å². The standard InChI is InChI=1S/C17H15ClN2O4/c1-10(21)19-15-9-13(18)6-7-14(15)20-16(22)11-4-3-5-12(8-11)17(23)24-2/h3-9H,1-2H3,(H,19,21)(H,20,22). The minimum absolute atomic E-state index is 0.267. The van der Waals surface area contributed by atoms with Gasteiger partial charge in [0.15, 0.2) is 0 Å². The lowest BCUT2D eigenvalue weighted by atomic mass is 10.1. The van der Waals surface area contributed by atoms with Crippen LogP contribution in [0.1, 0.15) is 27.6 Å². The summed E-state index contributed by atoms with van der Waals surface area (Å²) in [6, 6.07) is 10.8. The fourth-order valence-electron chi connectivity index (χ4n) is 2.02. The Hall–Kier alpha value is -2.86. The van der Waals surface area contributed by atoms with Gasteiger partial charge in [0.1, 0.15) is 0 Å². The molecule has 7 heteroatoms. The van der Waals surface area contributed by atoms with E-state index < -0.39 is 11.9 Å². The molecule has 0 saturated heterocycles. The number of nitrogens with one attached hydrogen (secondary N) is 2. The second-order valence-electron chi connectivity index (χ2n) is 4.90. The number of anilines is 2. The number of carbonyl (C=O) groups excluding carboxylic acids is 3. The highest BCUT2D eigenvalue weighted by Crippen LogP contribution is 2.26. The van der Waals surface area contributed by atoms with Crippen LogP contribution in [0.15, 0.2) is 42.5 Å². The van der Waals surface area contributed by atoms with Gasteiger partial charge in [-0.1, -0.05) is 17.7 Å². The van der Waals surface area contributed by atoms with E-state index in [-0.39, 0.29) is 17.0 Å².